The predicted molar refractivity (Wildman–Crippen MR) is 132 cm³/mol. The number of benzene rings is 4. The van der Waals surface area contributed by atoms with E-state index in [4.69, 9.17) is 4.99 Å². The summed E-state index contributed by atoms with van der Waals surface area (Å²) in [6, 6.07) is 30.3. The van der Waals surface area contributed by atoms with Crippen LogP contribution in [0.15, 0.2) is 108 Å². The number of rotatable bonds is 2. The second-order valence-corrected chi connectivity index (χ2v) is 8.10. The third-order valence-electron chi connectivity index (χ3n) is 6.17. The summed E-state index contributed by atoms with van der Waals surface area (Å²) < 4.78 is 2.07. The summed E-state index contributed by atoms with van der Waals surface area (Å²) in [5, 5.41) is 3.31. The fourth-order valence-corrected chi connectivity index (χ4v) is 4.61. The summed E-state index contributed by atoms with van der Waals surface area (Å²) in [4.78, 5) is 18.6. The van der Waals surface area contributed by atoms with Gasteiger partial charge in [-0.25, -0.2) is 4.99 Å². The number of fused-ring (bicyclic) bond motifs is 3. The van der Waals surface area contributed by atoms with E-state index >= 15 is 0 Å². The number of aliphatic imine (C=N–C) groups is 1. The molecule has 0 radical (unpaired) electrons. The molecule has 0 amide bonds. The van der Waals surface area contributed by atoms with Crippen molar-refractivity contribution >= 4 is 44.4 Å². The van der Waals surface area contributed by atoms with Crippen LogP contribution in [0.1, 0.15) is 21.5 Å². The molecule has 0 fully saturated rings. The highest BCUT2D eigenvalue weighted by Crippen LogP contribution is 2.35. The first-order valence-electron chi connectivity index (χ1n) is 10.7. The van der Waals surface area contributed by atoms with Gasteiger partial charge in [0.2, 0.25) is 0 Å². The third kappa shape index (κ3) is 2.83. The molecule has 5 aromatic rings. The van der Waals surface area contributed by atoms with Gasteiger partial charge in [0.15, 0.2) is 5.78 Å². The number of aryl methyl sites for hydroxylation is 1. The van der Waals surface area contributed by atoms with Crippen molar-refractivity contribution in [3.63, 3.8) is 0 Å². The maximum Gasteiger partial charge on any atom is 0.194 e. The number of allylic oxidation sites excluding steroid dienone is 2. The number of Topliss-reactive ketones (excluding diaryl/α,β-unsaturated/α-hetero) is 1. The highest BCUT2D eigenvalue weighted by Gasteiger charge is 2.27. The smallest absolute Gasteiger partial charge is 0.194 e. The number of para-hydroxylation sites is 1. The van der Waals surface area contributed by atoms with E-state index in [1.807, 2.05) is 80.0 Å². The van der Waals surface area contributed by atoms with E-state index in [9.17, 15) is 4.79 Å². The lowest BCUT2D eigenvalue weighted by molar-refractivity contribution is 0.105. The second-order valence-electron chi connectivity index (χ2n) is 8.10. The first-order valence-corrected chi connectivity index (χ1v) is 10.7. The zero-order valence-corrected chi connectivity index (χ0v) is 17.6. The van der Waals surface area contributed by atoms with Crippen LogP contribution in [0.4, 0.5) is 5.69 Å². The van der Waals surface area contributed by atoms with E-state index in [1.54, 1.807) is 0 Å². The maximum atomic E-state index is 13.5. The summed E-state index contributed by atoms with van der Waals surface area (Å²) in [7, 11) is 2.01. The largest absolute Gasteiger partial charge is 0.350 e. The Morgan fingerprint density at radius 1 is 0.688 bits per heavy atom. The normalized spacial score (nSPS) is 14.7. The summed E-state index contributed by atoms with van der Waals surface area (Å²) in [5.41, 5.74) is 5.98. The first-order chi connectivity index (χ1) is 15.7. The Bertz CT molecular complexity index is 1600. The Morgan fingerprint density at radius 3 is 2.25 bits per heavy atom. The van der Waals surface area contributed by atoms with Crippen LogP contribution in [0.2, 0.25) is 0 Å². The van der Waals surface area contributed by atoms with Crippen LogP contribution in [-0.2, 0) is 7.05 Å². The van der Waals surface area contributed by atoms with Crippen LogP contribution in [0.3, 0.4) is 0 Å². The van der Waals surface area contributed by atoms with E-state index in [0.717, 1.165) is 44.2 Å². The number of carbonyl (C=O) groups is 1. The van der Waals surface area contributed by atoms with E-state index in [1.165, 1.54) is 0 Å². The van der Waals surface area contributed by atoms with Crippen LogP contribution in [0, 0.1) is 0 Å². The second kappa shape index (κ2) is 7.17. The monoisotopic (exact) mass is 412 g/mol. The molecular weight excluding hydrogens is 392 g/mol. The number of carbonyl (C=O) groups excluding carboxylic acids is 1. The number of aromatic nitrogens is 1. The minimum absolute atomic E-state index is 0.0359. The molecule has 0 N–H and O–H groups in total. The zero-order chi connectivity index (χ0) is 21.7. The van der Waals surface area contributed by atoms with Gasteiger partial charge in [0.25, 0.3) is 0 Å². The van der Waals surface area contributed by atoms with Crippen molar-refractivity contribution in [2.45, 2.75) is 0 Å². The Morgan fingerprint density at radius 2 is 1.38 bits per heavy atom. The van der Waals surface area contributed by atoms with Gasteiger partial charge in [0.1, 0.15) is 0 Å². The molecule has 0 saturated heterocycles. The Balaban J connectivity index is 1.62. The Kier molecular flexibility index (Phi) is 4.15. The molecule has 6 rings (SSSR count). The van der Waals surface area contributed by atoms with Gasteiger partial charge in [0, 0.05) is 51.8 Å². The molecule has 0 bridgehead atoms. The molecule has 0 unspecified atom stereocenters. The lowest BCUT2D eigenvalue weighted by atomic mass is 9.85. The van der Waals surface area contributed by atoms with Gasteiger partial charge in [-0.3, -0.25) is 4.79 Å². The fraction of sp³-hybridized carbons (Fsp3) is 0.0345. The average molecular weight is 412 g/mol. The van der Waals surface area contributed by atoms with E-state index in [-0.39, 0.29) is 5.78 Å². The molecule has 0 saturated carbocycles. The quantitative estimate of drug-likeness (QED) is 0.316. The summed E-state index contributed by atoms with van der Waals surface area (Å²) in [6.07, 6.45) is 3.99. The van der Waals surface area contributed by atoms with Crippen LogP contribution >= 0.6 is 0 Å². The number of hydrogen-bond acceptors (Lipinski definition) is 2. The number of hydrogen-bond donors (Lipinski definition) is 0. The van der Waals surface area contributed by atoms with Crippen LogP contribution in [0.25, 0.3) is 27.2 Å². The lowest BCUT2D eigenvalue weighted by Gasteiger charge is -2.18. The van der Waals surface area contributed by atoms with Gasteiger partial charge >= 0.3 is 0 Å². The van der Waals surface area contributed by atoms with Gasteiger partial charge < -0.3 is 4.57 Å². The molecule has 4 aromatic carbocycles. The molecule has 1 heterocycles. The standard InChI is InChI=1S/C29H20N2O/c1-31-18-25(22-13-6-7-16-28(22)31)24-17-27(21-12-4-5-14-23(21)29(24)32)30-26-15-8-10-19-9-2-3-11-20(19)26/h2-18H,1H3. The minimum atomic E-state index is 0.0359. The van der Waals surface area contributed by atoms with Crippen molar-refractivity contribution in [2.75, 3.05) is 0 Å². The van der Waals surface area contributed by atoms with Crippen molar-refractivity contribution in [3.8, 4) is 0 Å². The molecule has 1 aliphatic rings. The van der Waals surface area contributed by atoms with Crippen molar-refractivity contribution in [1.29, 1.82) is 0 Å². The molecule has 0 aliphatic heterocycles. The lowest BCUT2D eigenvalue weighted by Crippen LogP contribution is -2.16. The number of ketones is 1. The number of nitrogens with zero attached hydrogens (tertiary/aromatic N) is 2. The van der Waals surface area contributed by atoms with Gasteiger partial charge in [0.05, 0.1) is 11.4 Å². The predicted octanol–water partition coefficient (Wildman–Crippen LogP) is 6.73. The molecule has 3 nitrogen and oxygen atoms in total. The van der Waals surface area contributed by atoms with Crippen molar-refractivity contribution in [3.05, 3.63) is 120 Å². The topological polar surface area (TPSA) is 34.4 Å². The molecular formula is C29H20N2O. The molecule has 0 spiro atoms. The molecule has 0 atom stereocenters. The summed E-state index contributed by atoms with van der Waals surface area (Å²) >= 11 is 0. The van der Waals surface area contributed by atoms with Gasteiger partial charge in [-0.1, -0.05) is 78.9 Å². The molecule has 152 valence electrons. The SMILES string of the molecule is Cn1cc(C2=CC(=Nc3cccc4ccccc34)c3ccccc3C2=O)c2ccccc21. The maximum absolute atomic E-state index is 13.5. The summed E-state index contributed by atoms with van der Waals surface area (Å²) in [6.45, 7) is 0. The molecule has 1 aromatic heterocycles. The van der Waals surface area contributed by atoms with E-state index in [0.29, 0.717) is 11.1 Å². The van der Waals surface area contributed by atoms with E-state index in [2.05, 4.69) is 34.9 Å². The summed E-state index contributed by atoms with van der Waals surface area (Å²) in [5.74, 6) is 0.0359. The minimum Gasteiger partial charge on any atom is -0.350 e. The molecule has 1 aliphatic carbocycles. The van der Waals surface area contributed by atoms with Crippen molar-refractivity contribution in [2.24, 2.45) is 12.0 Å². The van der Waals surface area contributed by atoms with Crippen molar-refractivity contribution in [1.82, 2.24) is 4.57 Å². The van der Waals surface area contributed by atoms with Gasteiger partial charge in [-0.2, -0.15) is 0 Å². The van der Waals surface area contributed by atoms with Crippen LogP contribution in [0.5, 0.6) is 0 Å². The fourth-order valence-electron chi connectivity index (χ4n) is 4.61. The van der Waals surface area contributed by atoms with Gasteiger partial charge in [-0.15, -0.1) is 0 Å². The zero-order valence-electron chi connectivity index (χ0n) is 17.6. The Labute approximate surface area is 186 Å². The highest BCUT2D eigenvalue weighted by molar-refractivity contribution is 6.41. The van der Waals surface area contributed by atoms with Crippen molar-refractivity contribution < 1.29 is 4.79 Å². The highest BCUT2D eigenvalue weighted by atomic mass is 16.1. The first kappa shape index (κ1) is 18.5. The average Bonchev–Trinajstić information content (AvgIpc) is 3.17. The van der Waals surface area contributed by atoms with Crippen LogP contribution < -0.4 is 0 Å². The molecule has 32 heavy (non-hydrogen) atoms. The van der Waals surface area contributed by atoms with Gasteiger partial charge in [-0.05, 0) is 23.6 Å². The van der Waals surface area contributed by atoms with Crippen LogP contribution in [-0.4, -0.2) is 16.1 Å². The van der Waals surface area contributed by atoms with E-state index < -0.39 is 0 Å². The Hall–Kier alpha value is -4.24. The molecule has 3 heteroatoms. The third-order valence-corrected chi connectivity index (χ3v) is 6.17.